The van der Waals surface area contributed by atoms with Crippen molar-refractivity contribution in [3.05, 3.63) is 63.4 Å². The Kier molecular flexibility index (Phi) is 19.4. The van der Waals surface area contributed by atoms with Gasteiger partial charge in [-0.2, -0.15) is 0 Å². The Bertz CT molecular complexity index is 2430. The van der Waals surface area contributed by atoms with Gasteiger partial charge in [-0.1, -0.05) is 65.2 Å². The van der Waals surface area contributed by atoms with E-state index in [1.165, 1.54) is 0 Å². The summed E-state index contributed by atoms with van der Waals surface area (Å²) in [6.07, 6.45) is 10.2. The molecule has 0 aliphatic carbocycles. The maximum absolute atomic E-state index is 13.9. The first kappa shape index (κ1) is 57.4. The highest BCUT2D eigenvalue weighted by molar-refractivity contribution is 5.88. The summed E-state index contributed by atoms with van der Waals surface area (Å²) in [6.45, 7) is 25.1. The third-order valence-corrected chi connectivity index (χ3v) is 14.9. The van der Waals surface area contributed by atoms with E-state index in [0.717, 1.165) is 35.7 Å². The molecule has 0 spiro atoms. The van der Waals surface area contributed by atoms with Crippen molar-refractivity contribution in [3.8, 4) is 23.7 Å². The van der Waals surface area contributed by atoms with Gasteiger partial charge in [-0.25, -0.2) is 14.8 Å². The van der Waals surface area contributed by atoms with Gasteiger partial charge in [0.25, 0.3) is 5.56 Å². The molecule has 0 saturated heterocycles. The first-order valence-corrected chi connectivity index (χ1v) is 25.6. The average molecular weight is 986 g/mol. The summed E-state index contributed by atoms with van der Waals surface area (Å²) in [5.74, 6) is 7.67. The molecule has 4 N–H and O–H groups in total. The van der Waals surface area contributed by atoms with Gasteiger partial charge < -0.3 is 43.5 Å². The van der Waals surface area contributed by atoms with Crippen LogP contribution in [0.5, 0.6) is 0 Å². The van der Waals surface area contributed by atoms with Crippen molar-refractivity contribution in [1.82, 2.24) is 14.6 Å². The Hall–Kier alpha value is -4.53. The third-order valence-electron chi connectivity index (χ3n) is 14.9. The summed E-state index contributed by atoms with van der Waals surface area (Å²) in [5, 5.41) is 22.2. The lowest BCUT2D eigenvalue weighted by atomic mass is 9.65. The fourth-order valence-corrected chi connectivity index (χ4v) is 10.1. The van der Waals surface area contributed by atoms with Gasteiger partial charge in [0.05, 0.1) is 91.6 Å². The number of pyridine rings is 2. The highest BCUT2D eigenvalue weighted by Crippen LogP contribution is 2.47. The molecule has 15 heteroatoms. The highest BCUT2D eigenvalue weighted by atomic mass is 16.6. The number of ether oxygens (including phenoxy) is 6. The molecule has 0 fully saturated rings. The van der Waals surface area contributed by atoms with Crippen molar-refractivity contribution >= 4 is 28.6 Å². The van der Waals surface area contributed by atoms with Crippen molar-refractivity contribution in [2.45, 2.75) is 170 Å². The van der Waals surface area contributed by atoms with E-state index in [9.17, 15) is 19.5 Å². The number of carbonyl (C=O) groups excluding carboxylic acids is 2. The van der Waals surface area contributed by atoms with Gasteiger partial charge >= 0.3 is 11.9 Å². The molecule has 2 aliphatic rings. The average Bonchev–Trinajstić information content (AvgIpc) is 3.66. The number of cyclic esters (lactones) is 1. The topological polar surface area (TPSA) is 198 Å². The van der Waals surface area contributed by atoms with Crippen LogP contribution in [0, 0.1) is 34.0 Å². The number of nitrogens with two attached hydrogens (primary N) is 1. The Morgan fingerprint density at radius 1 is 0.986 bits per heavy atom. The summed E-state index contributed by atoms with van der Waals surface area (Å²) < 4.78 is 38.5. The van der Waals surface area contributed by atoms with Crippen LogP contribution >= 0.6 is 0 Å². The normalized spacial score (nSPS) is 17.6. The number of hydrogen-bond acceptors (Lipinski definition) is 14. The lowest BCUT2D eigenvalue weighted by molar-refractivity contribution is -0.189. The van der Waals surface area contributed by atoms with Crippen LogP contribution in [0.1, 0.15) is 151 Å². The van der Waals surface area contributed by atoms with E-state index in [-0.39, 0.29) is 61.7 Å². The maximum atomic E-state index is 13.9. The molecular formula is C56H83N5O10. The standard InChI is InChI=1S/C56H83N5O10/c1-13-26-66-35-55(15-3,34-52(9,10)65)38-70-53(11,12)51(7,8)33-54(14-2,37-69-39(5)6)36-67-31-42(57)30-60(58)25-21-17-18-24-47(62)71-56(16-4)44-28-46-48-41(27-40-22-19-20-23-45(40)59-48)29-61(46)49(63)43(44)32-68-50(56)64/h1,19-20,22-23,27-28,39,57,65H,14-18,21,24-26,29-38,58H2,2-12H3. The number of esters is 2. The second-order valence-electron chi connectivity index (χ2n) is 22.2. The minimum Gasteiger partial charge on any atom is -0.457 e. The largest absolute Gasteiger partial charge is 0.457 e. The van der Waals surface area contributed by atoms with Gasteiger partial charge in [-0.05, 0) is 110 Å². The van der Waals surface area contributed by atoms with Crippen LogP contribution in [0.4, 0.5) is 0 Å². The van der Waals surface area contributed by atoms with Gasteiger partial charge in [0.1, 0.15) is 13.2 Å². The molecule has 15 nitrogen and oxygen atoms in total. The van der Waals surface area contributed by atoms with Crippen molar-refractivity contribution in [1.29, 1.82) is 5.41 Å². The first-order chi connectivity index (χ1) is 33.4. The molecule has 4 heterocycles. The van der Waals surface area contributed by atoms with E-state index in [4.69, 9.17) is 51.1 Å². The number of unbranched alkanes of at least 4 members (excludes halogenated alkanes) is 2. The molecule has 3 aromatic rings. The Labute approximate surface area is 422 Å². The fourth-order valence-electron chi connectivity index (χ4n) is 10.1. The predicted molar refractivity (Wildman–Crippen MR) is 277 cm³/mol. The number of aliphatic hydroxyl groups is 1. The number of carbonyl (C=O) groups is 2. The van der Waals surface area contributed by atoms with E-state index in [1.54, 1.807) is 22.6 Å². The lowest BCUT2D eigenvalue weighted by Crippen LogP contribution is -2.50. The van der Waals surface area contributed by atoms with E-state index >= 15 is 0 Å². The van der Waals surface area contributed by atoms with Gasteiger partial charge in [0.2, 0.25) is 5.60 Å². The van der Waals surface area contributed by atoms with Crippen LogP contribution < -0.4 is 11.4 Å². The van der Waals surface area contributed by atoms with Gasteiger partial charge in [-0.3, -0.25) is 15.4 Å². The van der Waals surface area contributed by atoms with Crippen molar-refractivity contribution in [2.75, 3.05) is 52.7 Å². The number of rotatable bonds is 30. The Balaban J connectivity index is 1.12. The zero-order valence-corrected chi connectivity index (χ0v) is 44.6. The Morgan fingerprint density at radius 2 is 1.68 bits per heavy atom. The molecule has 0 saturated carbocycles. The van der Waals surface area contributed by atoms with Gasteiger partial charge in [-0.15, -0.1) is 6.42 Å². The summed E-state index contributed by atoms with van der Waals surface area (Å²) in [6, 6.07) is 11.6. The molecule has 0 bridgehead atoms. The maximum Gasteiger partial charge on any atom is 0.355 e. The fraction of sp³-hybridized carbons (Fsp3) is 0.661. The minimum absolute atomic E-state index is 0.0197. The number of hydrogen-bond donors (Lipinski definition) is 3. The molecule has 3 atom stereocenters. The van der Waals surface area contributed by atoms with Crippen LogP contribution in [0.2, 0.25) is 0 Å². The highest BCUT2D eigenvalue weighted by Gasteiger charge is 2.51. The molecule has 2 aromatic heterocycles. The summed E-state index contributed by atoms with van der Waals surface area (Å²) in [5.41, 5.74) is -0.784. The molecule has 0 amide bonds. The van der Waals surface area contributed by atoms with Crippen molar-refractivity contribution < 1.29 is 43.1 Å². The molecule has 392 valence electrons. The minimum atomic E-state index is -1.76. The second-order valence-corrected chi connectivity index (χ2v) is 22.2. The van der Waals surface area contributed by atoms with Crippen LogP contribution in [0.15, 0.2) is 41.2 Å². The van der Waals surface area contributed by atoms with Crippen LogP contribution in [0.3, 0.4) is 0 Å². The molecular weight excluding hydrogens is 903 g/mol. The number of terminal acetylenes is 1. The third kappa shape index (κ3) is 14.2. The number of nitrogens with zero attached hydrogens (tertiary/aromatic N) is 3. The number of fused-ring (bicyclic) bond motifs is 5. The molecule has 0 radical (unpaired) electrons. The molecule has 1 aromatic carbocycles. The number of para-hydroxylation sites is 1. The van der Waals surface area contributed by atoms with E-state index in [1.807, 2.05) is 58.0 Å². The molecule has 71 heavy (non-hydrogen) atoms. The molecule has 3 unspecified atom stereocenters. The number of nitrogens with one attached hydrogen (secondary N) is 1. The zero-order chi connectivity index (χ0) is 52.4. The van der Waals surface area contributed by atoms with E-state index in [2.05, 4.69) is 47.5 Å². The zero-order valence-electron chi connectivity index (χ0n) is 44.6. The summed E-state index contributed by atoms with van der Waals surface area (Å²) in [7, 11) is 0. The summed E-state index contributed by atoms with van der Waals surface area (Å²) in [4.78, 5) is 45.8. The predicted octanol–water partition coefficient (Wildman–Crippen LogP) is 8.64. The summed E-state index contributed by atoms with van der Waals surface area (Å²) >= 11 is 0. The quantitative estimate of drug-likeness (QED) is 0.0112. The van der Waals surface area contributed by atoms with Gasteiger partial charge in [0, 0.05) is 40.3 Å². The molecule has 2 aliphatic heterocycles. The van der Waals surface area contributed by atoms with E-state index < -0.39 is 34.2 Å². The number of benzene rings is 1. The Morgan fingerprint density at radius 3 is 2.34 bits per heavy atom. The van der Waals surface area contributed by atoms with E-state index in [0.29, 0.717) is 93.4 Å². The van der Waals surface area contributed by atoms with Crippen LogP contribution in [0.25, 0.3) is 22.3 Å². The first-order valence-electron chi connectivity index (χ1n) is 25.6. The SMILES string of the molecule is C#CCOCC(CC)(COC(C)(C)C(C)(C)CC(CC)(COCC(=N)CN(N)CCCCCC(=O)OC1(CC)C(=O)OCc2c1cc1n(c2=O)Cc2cc3ccccc3nc2-1)COC(C)C)CC(C)(C)O. The van der Waals surface area contributed by atoms with Crippen molar-refractivity contribution in [2.24, 2.45) is 22.1 Å². The van der Waals surface area contributed by atoms with Crippen LogP contribution in [-0.2, 0) is 56.8 Å². The van der Waals surface area contributed by atoms with Gasteiger partial charge in [0.15, 0.2) is 0 Å². The monoisotopic (exact) mass is 986 g/mol. The lowest BCUT2D eigenvalue weighted by Gasteiger charge is -2.49. The smallest absolute Gasteiger partial charge is 0.355 e. The number of aromatic nitrogens is 2. The van der Waals surface area contributed by atoms with Crippen molar-refractivity contribution in [3.63, 3.8) is 0 Å². The van der Waals surface area contributed by atoms with Crippen LogP contribution in [-0.4, -0.2) is 107 Å². The molecule has 5 rings (SSSR count). The number of hydrazine groups is 1. The second kappa shape index (κ2) is 24.0.